The van der Waals surface area contributed by atoms with E-state index in [9.17, 15) is 0 Å². The third-order valence-corrected chi connectivity index (χ3v) is 5.52. The van der Waals surface area contributed by atoms with Crippen molar-refractivity contribution < 1.29 is 0 Å². The molecule has 7 heteroatoms. The molecule has 1 saturated heterocycles. The van der Waals surface area contributed by atoms with Gasteiger partial charge in [-0.15, -0.1) is 11.3 Å². The van der Waals surface area contributed by atoms with Crippen LogP contribution in [0.15, 0.2) is 23.7 Å². The Labute approximate surface area is 152 Å². The summed E-state index contributed by atoms with van der Waals surface area (Å²) in [5.74, 6) is 1.57. The zero-order valence-electron chi connectivity index (χ0n) is 15.0. The molecule has 1 aliphatic rings. The van der Waals surface area contributed by atoms with Gasteiger partial charge in [-0.3, -0.25) is 4.90 Å². The van der Waals surface area contributed by atoms with Crippen molar-refractivity contribution in [3.05, 3.63) is 40.1 Å². The molecule has 1 aliphatic heterocycles. The summed E-state index contributed by atoms with van der Waals surface area (Å²) < 4.78 is 1.96. The van der Waals surface area contributed by atoms with E-state index in [0.29, 0.717) is 5.92 Å². The van der Waals surface area contributed by atoms with Crippen LogP contribution in [-0.2, 0) is 6.54 Å². The van der Waals surface area contributed by atoms with Crippen molar-refractivity contribution in [2.24, 2.45) is 0 Å². The predicted octanol–water partition coefficient (Wildman–Crippen LogP) is 2.94. The van der Waals surface area contributed by atoms with Crippen molar-refractivity contribution >= 4 is 22.8 Å². The Morgan fingerprint density at radius 2 is 1.96 bits per heavy atom. The van der Waals surface area contributed by atoms with Gasteiger partial charge in [-0.2, -0.15) is 9.61 Å². The fraction of sp³-hybridized carbons (Fsp3) is 0.500. The summed E-state index contributed by atoms with van der Waals surface area (Å²) in [7, 11) is 0. The lowest BCUT2D eigenvalue weighted by molar-refractivity contribution is 0.246. The second-order valence-electron chi connectivity index (χ2n) is 6.92. The summed E-state index contributed by atoms with van der Waals surface area (Å²) in [6, 6.07) is 4.18. The van der Waals surface area contributed by atoms with Gasteiger partial charge >= 0.3 is 0 Å². The summed E-state index contributed by atoms with van der Waals surface area (Å²) in [5.41, 5.74) is 3.25. The van der Waals surface area contributed by atoms with Crippen LogP contribution < -0.4 is 4.90 Å². The van der Waals surface area contributed by atoms with E-state index in [4.69, 9.17) is 4.98 Å². The van der Waals surface area contributed by atoms with Crippen LogP contribution >= 0.6 is 11.3 Å². The van der Waals surface area contributed by atoms with Crippen LogP contribution in [0.2, 0.25) is 0 Å². The Morgan fingerprint density at radius 3 is 2.64 bits per heavy atom. The first-order valence-corrected chi connectivity index (χ1v) is 9.71. The highest BCUT2D eigenvalue weighted by Crippen LogP contribution is 2.23. The molecule has 6 nitrogen and oxygen atoms in total. The molecule has 0 aromatic carbocycles. The first-order valence-electron chi connectivity index (χ1n) is 8.83. The fourth-order valence-electron chi connectivity index (χ4n) is 3.28. The highest BCUT2D eigenvalue weighted by Gasteiger charge is 2.21. The molecule has 1 fully saturated rings. The van der Waals surface area contributed by atoms with Crippen LogP contribution in [0.25, 0.3) is 5.65 Å². The fourth-order valence-corrected chi connectivity index (χ4v) is 3.89. The van der Waals surface area contributed by atoms with E-state index >= 15 is 0 Å². The zero-order valence-corrected chi connectivity index (χ0v) is 15.8. The highest BCUT2D eigenvalue weighted by molar-refractivity contribution is 7.09. The highest BCUT2D eigenvalue weighted by atomic mass is 32.1. The summed E-state index contributed by atoms with van der Waals surface area (Å²) >= 11 is 1.73. The van der Waals surface area contributed by atoms with Crippen LogP contribution in [0, 0.1) is 6.92 Å². The summed E-state index contributed by atoms with van der Waals surface area (Å²) in [4.78, 5) is 14.2. The first kappa shape index (κ1) is 16.5. The number of rotatable bonds is 4. The van der Waals surface area contributed by atoms with Crippen molar-refractivity contribution in [2.75, 3.05) is 31.1 Å². The van der Waals surface area contributed by atoms with Gasteiger partial charge in [0.25, 0.3) is 0 Å². The normalized spacial score (nSPS) is 16.2. The molecule has 3 aromatic heterocycles. The third kappa shape index (κ3) is 3.39. The summed E-state index contributed by atoms with van der Waals surface area (Å²) in [6.07, 6.45) is 1.83. The molecule has 4 rings (SSSR count). The number of hydrogen-bond acceptors (Lipinski definition) is 6. The van der Waals surface area contributed by atoms with Gasteiger partial charge in [0.05, 0.1) is 16.9 Å². The number of hydrogen-bond donors (Lipinski definition) is 0. The van der Waals surface area contributed by atoms with Crippen molar-refractivity contribution in [3.63, 3.8) is 0 Å². The molecule has 0 spiro atoms. The number of thiazole rings is 1. The molecule has 4 heterocycles. The van der Waals surface area contributed by atoms with Crippen LogP contribution in [0.1, 0.15) is 36.2 Å². The van der Waals surface area contributed by atoms with Crippen LogP contribution in [0.4, 0.5) is 5.82 Å². The van der Waals surface area contributed by atoms with E-state index in [1.807, 2.05) is 16.8 Å². The average Bonchev–Trinajstić information content (AvgIpc) is 3.23. The van der Waals surface area contributed by atoms with Crippen LogP contribution in [0.3, 0.4) is 0 Å². The van der Waals surface area contributed by atoms with Gasteiger partial charge in [0.15, 0.2) is 5.65 Å². The van der Waals surface area contributed by atoms with Crippen molar-refractivity contribution in [1.29, 1.82) is 0 Å². The maximum atomic E-state index is 4.72. The summed E-state index contributed by atoms with van der Waals surface area (Å²) in [6.45, 7) is 11.5. The number of nitrogens with zero attached hydrogens (tertiary/aromatic N) is 6. The van der Waals surface area contributed by atoms with E-state index in [1.165, 1.54) is 5.69 Å². The lowest BCUT2D eigenvalue weighted by atomic mass is 10.1. The summed E-state index contributed by atoms with van der Waals surface area (Å²) in [5, 5.41) is 7.79. The third-order valence-electron chi connectivity index (χ3n) is 4.70. The Kier molecular flexibility index (Phi) is 4.43. The number of aryl methyl sites for hydroxylation is 1. The van der Waals surface area contributed by atoms with Gasteiger partial charge in [0.1, 0.15) is 5.82 Å². The van der Waals surface area contributed by atoms with Crippen molar-refractivity contribution in [2.45, 2.75) is 33.2 Å². The van der Waals surface area contributed by atoms with Gasteiger partial charge in [0, 0.05) is 55.9 Å². The minimum atomic E-state index is 0.410. The van der Waals surface area contributed by atoms with Crippen molar-refractivity contribution in [1.82, 2.24) is 24.5 Å². The Morgan fingerprint density at radius 1 is 1.16 bits per heavy atom. The molecule has 25 heavy (non-hydrogen) atoms. The molecule has 0 N–H and O–H groups in total. The topological polar surface area (TPSA) is 49.6 Å². The predicted molar refractivity (Wildman–Crippen MR) is 101 cm³/mol. The molecule has 0 saturated carbocycles. The molecule has 0 radical (unpaired) electrons. The molecular formula is C18H24N6S. The minimum absolute atomic E-state index is 0.410. The second-order valence-corrected chi connectivity index (χ2v) is 7.98. The molecule has 3 aromatic rings. The van der Waals surface area contributed by atoms with E-state index in [1.54, 1.807) is 11.3 Å². The molecule has 0 amide bonds. The number of aromatic nitrogens is 4. The van der Waals surface area contributed by atoms with E-state index in [0.717, 1.165) is 54.9 Å². The Bertz CT molecular complexity index is 859. The molecule has 0 unspecified atom stereocenters. The monoisotopic (exact) mass is 356 g/mol. The minimum Gasteiger partial charge on any atom is -0.354 e. The Balaban J connectivity index is 1.50. The first-order chi connectivity index (χ1) is 12.1. The lowest BCUT2D eigenvalue weighted by Crippen LogP contribution is -2.46. The van der Waals surface area contributed by atoms with Gasteiger partial charge in [-0.05, 0) is 12.8 Å². The van der Waals surface area contributed by atoms with Gasteiger partial charge in [-0.1, -0.05) is 13.8 Å². The number of fused-ring (bicyclic) bond motifs is 1. The lowest BCUT2D eigenvalue weighted by Gasteiger charge is -2.35. The van der Waals surface area contributed by atoms with Crippen LogP contribution in [-0.4, -0.2) is 50.7 Å². The zero-order chi connectivity index (χ0) is 17.4. The van der Waals surface area contributed by atoms with E-state index in [2.05, 4.69) is 52.1 Å². The standard InChI is InChI=1S/C18H24N6S/c1-13(2)16-10-18(24-17(21-16)4-5-19-24)23-8-6-22(7-9-23)11-15-12-25-14(3)20-15/h4-5,10,12-13H,6-9,11H2,1-3H3. The molecule has 0 aliphatic carbocycles. The van der Waals surface area contributed by atoms with Gasteiger partial charge in [-0.25, -0.2) is 9.97 Å². The average molecular weight is 356 g/mol. The van der Waals surface area contributed by atoms with Crippen LogP contribution in [0.5, 0.6) is 0 Å². The smallest absolute Gasteiger partial charge is 0.157 e. The largest absolute Gasteiger partial charge is 0.354 e. The van der Waals surface area contributed by atoms with Gasteiger partial charge < -0.3 is 4.90 Å². The quantitative estimate of drug-likeness (QED) is 0.719. The van der Waals surface area contributed by atoms with Gasteiger partial charge in [0.2, 0.25) is 0 Å². The van der Waals surface area contributed by atoms with E-state index < -0.39 is 0 Å². The maximum Gasteiger partial charge on any atom is 0.157 e. The van der Waals surface area contributed by atoms with Crippen molar-refractivity contribution in [3.8, 4) is 0 Å². The molecule has 132 valence electrons. The SMILES string of the molecule is Cc1nc(CN2CCN(c3cc(C(C)C)nc4ccnn34)CC2)cs1. The van der Waals surface area contributed by atoms with E-state index in [-0.39, 0.29) is 0 Å². The molecule has 0 bridgehead atoms. The molecular weight excluding hydrogens is 332 g/mol. The number of anilines is 1. The Hall–Kier alpha value is -1.99. The molecule has 0 atom stereocenters. The maximum absolute atomic E-state index is 4.72. The number of piperazine rings is 1. The second kappa shape index (κ2) is 6.72.